The van der Waals surface area contributed by atoms with Gasteiger partial charge >= 0.3 is 0 Å². The third-order valence-corrected chi connectivity index (χ3v) is 11.3. The van der Waals surface area contributed by atoms with E-state index in [1.807, 2.05) is 12.1 Å². The number of fused-ring (bicyclic) bond motifs is 8. The molecule has 6 heteroatoms. The van der Waals surface area contributed by atoms with Gasteiger partial charge in [0.05, 0.1) is 32.3 Å². The van der Waals surface area contributed by atoms with E-state index >= 15 is 0 Å². The minimum atomic E-state index is 0.856. The van der Waals surface area contributed by atoms with Crippen molar-refractivity contribution in [2.24, 2.45) is 0 Å². The van der Waals surface area contributed by atoms with Gasteiger partial charge in [-0.05, 0) is 123 Å². The van der Waals surface area contributed by atoms with Crippen molar-refractivity contribution in [3.05, 3.63) is 176 Å². The summed E-state index contributed by atoms with van der Waals surface area (Å²) in [5.41, 5.74) is 13.0. The summed E-state index contributed by atoms with van der Waals surface area (Å²) in [7, 11) is 0. The van der Waals surface area contributed by atoms with Crippen LogP contribution in [0.15, 0.2) is 176 Å². The zero-order valence-electron chi connectivity index (χ0n) is 28.4. The molecular formula is C47H29N5S. The molecule has 0 spiro atoms. The van der Waals surface area contributed by atoms with E-state index in [0.717, 1.165) is 49.7 Å². The lowest BCUT2D eigenvalue weighted by Gasteiger charge is -2.26. The highest BCUT2D eigenvalue weighted by Crippen LogP contribution is 2.39. The summed E-state index contributed by atoms with van der Waals surface area (Å²) < 4.78 is 3.51. The second kappa shape index (κ2) is 11.8. The molecule has 3 heterocycles. The first-order valence-corrected chi connectivity index (χ1v) is 18.5. The molecule has 0 amide bonds. The van der Waals surface area contributed by atoms with E-state index in [2.05, 4.69) is 171 Å². The number of benzene rings is 8. The Hall–Kier alpha value is -6.89. The highest BCUT2D eigenvalue weighted by atomic mass is 32.1. The Kier molecular flexibility index (Phi) is 6.66. The van der Waals surface area contributed by atoms with Gasteiger partial charge in [0.1, 0.15) is 0 Å². The Morgan fingerprint density at radius 3 is 1.89 bits per heavy atom. The Labute approximate surface area is 308 Å². The number of hydrogen-bond donors (Lipinski definition) is 0. The molecule has 0 aliphatic rings. The summed E-state index contributed by atoms with van der Waals surface area (Å²) >= 11 is 1.73. The van der Waals surface area contributed by atoms with Crippen LogP contribution in [0.2, 0.25) is 0 Å². The molecule has 53 heavy (non-hydrogen) atoms. The van der Waals surface area contributed by atoms with Gasteiger partial charge in [-0.25, -0.2) is 4.98 Å². The highest BCUT2D eigenvalue weighted by molar-refractivity contribution is 7.23. The number of thiazole rings is 1. The van der Waals surface area contributed by atoms with Crippen molar-refractivity contribution in [3.63, 3.8) is 0 Å². The quantitative estimate of drug-likeness (QED) is 0.180. The molecule has 0 atom stereocenters. The Morgan fingerprint density at radius 2 is 1.02 bits per heavy atom. The van der Waals surface area contributed by atoms with Gasteiger partial charge < -0.3 is 4.90 Å². The van der Waals surface area contributed by atoms with E-state index in [1.54, 1.807) is 23.7 Å². The number of anilines is 3. The van der Waals surface area contributed by atoms with E-state index in [1.165, 1.54) is 48.5 Å². The van der Waals surface area contributed by atoms with Crippen molar-refractivity contribution in [3.8, 4) is 22.3 Å². The lowest BCUT2D eigenvalue weighted by molar-refractivity contribution is 1.26. The third-order valence-electron chi connectivity index (χ3n) is 10.3. The lowest BCUT2D eigenvalue weighted by atomic mass is 9.98. The molecule has 11 aromatic rings. The number of aromatic nitrogens is 4. The van der Waals surface area contributed by atoms with Crippen LogP contribution in [0, 0.1) is 0 Å². The summed E-state index contributed by atoms with van der Waals surface area (Å²) in [6, 6.07) is 58.9. The maximum atomic E-state index is 4.88. The normalized spacial score (nSPS) is 11.8. The van der Waals surface area contributed by atoms with Crippen LogP contribution in [0.5, 0.6) is 0 Å². The molecule has 0 N–H and O–H groups in total. The topological polar surface area (TPSA) is 46.3 Å². The highest BCUT2D eigenvalue weighted by Gasteiger charge is 2.16. The number of nitrogens with zero attached hydrogens (tertiary/aromatic N) is 5. The van der Waals surface area contributed by atoms with Crippen LogP contribution in [0.1, 0.15) is 0 Å². The third kappa shape index (κ3) is 5.03. The van der Waals surface area contributed by atoms with Crippen molar-refractivity contribution in [2.45, 2.75) is 0 Å². The molecule has 0 bridgehead atoms. The summed E-state index contributed by atoms with van der Waals surface area (Å²) in [5, 5.41) is 4.88. The molecule has 0 saturated heterocycles. The summed E-state index contributed by atoms with van der Waals surface area (Å²) in [5.74, 6) is 0. The Bertz CT molecular complexity index is 3200. The maximum absolute atomic E-state index is 4.88. The van der Waals surface area contributed by atoms with Crippen molar-refractivity contribution >= 4 is 87.2 Å². The second-order valence-electron chi connectivity index (χ2n) is 13.4. The smallest absolute Gasteiger partial charge is 0.195 e. The average Bonchev–Trinajstić information content (AvgIpc) is 3.77. The molecule has 0 aliphatic carbocycles. The summed E-state index contributed by atoms with van der Waals surface area (Å²) in [6.07, 6.45) is 3.49. The van der Waals surface area contributed by atoms with Gasteiger partial charge in [-0.15, -0.1) is 0 Å². The van der Waals surface area contributed by atoms with Gasteiger partial charge in [0.25, 0.3) is 0 Å². The summed E-state index contributed by atoms with van der Waals surface area (Å²) in [4.78, 5) is 17.4. The van der Waals surface area contributed by atoms with Crippen LogP contribution < -0.4 is 4.90 Å². The molecule has 8 aromatic carbocycles. The van der Waals surface area contributed by atoms with E-state index in [9.17, 15) is 0 Å². The van der Waals surface area contributed by atoms with Crippen LogP contribution in [0.4, 0.5) is 17.1 Å². The number of para-hydroxylation sites is 2. The number of imidazole rings is 1. The van der Waals surface area contributed by atoms with Crippen LogP contribution >= 0.6 is 11.3 Å². The fourth-order valence-electron chi connectivity index (χ4n) is 7.62. The molecule has 5 nitrogen and oxygen atoms in total. The van der Waals surface area contributed by atoms with E-state index in [0.29, 0.717) is 0 Å². The molecule has 3 aromatic heterocycles. The molecule has 0 fully saturated rings. The van der Waals surface area contributed by atoms with E-state index in [-0.39, 0.29) is 0 Å². The Morgan fingerprint density at radius 1 is 0.415 bits per heavy atom. The first-order valence-electron chi connectivity index (χ1n) is 17.7. The average molecular weight is 696 g/mol. The van der Waals surface area contributed by atoms with Crippen LogP contribution in [0.3, 0.4) is 0 Å². The van der Waals surface area contributed by atoms with Crippen molar-refractivity contribution in [2.75, 3.05) is 4.90 Å². The van der Waals surface area contributed by atoms with E-state index in [4.69, 9.17) is 4.98 Å². The van der Waals surface area contributed by atoms with Gasteiger partial charge in [-0.3, -0.25) is 14.4 Å². The lowest BCUT2D eigenvalue weighted by Crippen LogP contribution is -2.10. The minimum absolute atomic E-state index is 0.856. The van der Waals surface area contributed by atoms with Gasteiger partial charge in [0.2, 0.25) is 0 Å². The fraction of sp³-hybridized carbons (Fsp3) is 0. The predicted octanol–water partition coefficient (Wildman–Crippen LogP) is 12.8. The molecule has 0 saturated carbocycles. The zero-order chi connectivity index (χ0) is 34.9. The van der Waals surface area contributed by atoms with Crippen LogP contribution in [-0.2, 0) is 0 Å². The van der Waals surface area contributed by atoms with Gasteiger partial charge in [-0.1, -0.05) is 96.3 Å². The molecule has 0 aliphatic heterocycles. The Balaban J connectivity index is 0.994. The molecule has 248 valence electrons. The second-order valence-corrected chi connectivity index (χ2v) is 14.4. The number of hydrogen-bond acceptors (Lipinski definition) is 5. The SMILES string of the molecule is c1ccc2cc(-c3ccc4cc(N(c5ccc(-c6ccc7sc8nc9ccccc9n8c7c6)cc5)c5ccc6nccnc6c5)ccc4c3)ccc2c1. The standard InChI is InChI=1S/C47H29N5S/c1-2-6-32-25-33(10-9-30(32)5-1)34-11-12-36-27-39(19-15-35(36)26-34)51(40-20-21-41-43(29-40)49-24-23-48-41)38-17-13-31(14-18-38)37-16-22-46-45(28-37)52-44-8-4-3-7-42(44)50-47(52)53-46/h1-29H. The van der Waals surface area contributed by atoms with Gasteiger partial charge in [0, 0.05) is 29.5 Å². The molecule has 0 radical (unpaired) electrons. The largest absolute Gasteiger partial charge is 0.310 e. The fourth-order valence-corrected chi connectivity index (χ4v) is 8.64. The zero-order valence-corrected chi connectivity index (χ0v) is 29.2. The minimum Gasteiger partial charge on any atom is -0.310 e. The monoisotopic (exact) mass is 695 g/mol. The van der Waals surface area contributed by atoms with Crippen molar-refractivity contribution in [1.82, 2.24) is 19.4 Å². The maximum Gasteiger partial charge on any atom is 0.195 e. The van der Waals surface area contributed by atoms with Gasteiger partial charge in [-0.2, -0.15) is 0 Å². The molecule has 0 unspecified atom stereocenters. The number of rotatable bonds is 5. The van der Waals surface area contributed by atoms with E-state index < -0.39 is 0 Å². The van der Waals surface area contributed by atoms with Crippen LogP contribution in [-0.4, -0.2) is 19.4 Å². The molecule has 11 rings (SSSR count). The summed E-state index contributed by atoms with van der Waals surface area (Å²) in [6.45, 7) is 0. The first kappa shape index (κ1) is 29.8. The van der Waals surface area contributed by atoms with Gasteiger partial charge in [0.15, 0.2) is 4.96 Å². The van der Waals surface area contributed by atoms with Crippen molar-refractivity contribution in [1.29, 1.82) is 0 Å². The predicted molar refractivity (Wildman–Crippen MR) is 222 cm³/mol. The first-order chi connectivity index (χ1) is 26.2. The van der Waals surface area contributed by atoms with Crippen molar-refractivity contribution < 1.29 is 0 Å². The molecular weight excluding hydrogens is 667 g/mol. The van der Waals surface area contributed by atoms with Crippen LogP contribution in [0.25, 0.3) is 81.0 Å².